The maximum atomic E-state index is 6.43. The van der Waals surface area contributed by atoms with E-state index in [0.717, 1.165) is 39.3 Å². The summed E-state index contributed by atoms with van der Waals surface area (Å²) in [6.07, 6.45) is 1.01. The average Bonchev–Trinajstić information content (AvgIpc) is 2.47. The predicted octanol–water partition coefficient (Wildman–Crippen LogP) is 2.29. The summed E-state index contributed by atoms with van der Waals surface area (Å²) in [4.78, 5) is 2.36. The molecular formula is C17H30N2O2. The predicted molar refractivity (Wildman–Crippen MR) is 87.7 cm³/mol. The SMILES string of the molecule is COCCCN(CCOC)CC(N)c1cc(C)ccc1C. The van der Waals surface area contributed by atoms with Gasteiger partial charge in [-0.15, -0.1) is 0 Å². The Hall–Kier alpha value is -0.940. The molecule has 1 unspecified atom stereocenters. The van der Waals surface area contributed by atoms with Crippen LogP contribution in [0.1, 0.15) is 29.2 Å². The van der Waals surface area contributed by atoms with E-state index in [2.05, 4.69) is 36.9 Å². The van der Waals surface area contributed by atoms with Crippen molar-refractivity contribution in [3.63, 3.8) is 0 Å². The smallest absolute Gasteiger partial charge is 0.0589 e. The number of methoxy groups -OCH3 is 2. The van der Waals surface area contributed by atoms with Crippen LogP contribution in [0.15, 0.2) is 18.2 Å². The Labute approximate surface area is 129 Å². The molecule has 1 atom stereocenters. The molecule has 0 aliphatic carbocycles. The summed E-state index contributed by atoms with van der Waals surface area (Å²) in [5.41, 5.74) is 10.2. The van der Waals surface area contributed by atoms with Crippen LogP contribution in [0.25, 0.3) is 0 Å². The first-order valence-corrected chi connectivity index (χ1v) is 7.61. The van der Waals surface area contributed by atoms with Crippen LogP contribution in [-0.2, 0) is 9.47 Å². The van der Waals surface area contributed by atoms with Crippen molar-refractivity contribution in [1.29, 1.82) is 0 Å². The average molecular weight is 294 g/mol. The fourth-order valence-electron chi connectivity index (χ4n) is 2.48. The molecule has 1 aromatic carbocycles. The standard InChI is InChI=1S/C17H30N2O2/c1-14-6-7-15(2)16(12-14)17(18)13-19(9-11-21-4)8-5-10-20-3/h6-7,12,17H,5,8-11,13,18H2,1-4H3. The van der Waals surface area contributed by atoms with Gasteiger partial charge in [0.05, 0.1) is 6.61 Å². The second-order valence-corrected chi connectivity index (χ2v) is 5.61. The molecule has 4 nitrogen and oxygen atoms in total. The van der Waals surface area contributed by atoms with E-state index < -0.39 is 0 Å². The van der Waals surface area contributed by atoms with Gasteiger partial charge in [0.1, 0.15) is 0 Å². The Bertz CT molecular complexity index is 410. The van der Waals surface area contributed by atoms with E-state index >= 15 is 0 Å². The lowest BCUT2D eigenvalue weighted by Gasteiger charge is -2.26. The van der Waals surface area contributed by atoms with Gasteiger partial charge in [-0.1, -0.05) is 23.8 Å². The summed E-state index contributed by atoms with van der Waals surface area (Å²) in [6.45, 7) is 8.47. The molecule has 0 aliphatic rings. The molecule has 0 heterocycles. The third-order valence-electron chi connectivity index (χ3n) is 3.72. The van der Waals surface area contributed by atoms with Crippen molar-refractivity contribution >= 4 is 0 Å². The third kappa shape index (κ3) is 6.57. The largest absolute Gasteiger partial charge is 0.385 e. The molecule has 120 valence electrons. The highest BCUT2D eigenvalue weighted by Gasteiger charge is 2.14. The van der Waals surface area contributed by atoms with Gasteiger partial charge in [-0.3, -0.25) is 4.90 Å². The number of nitrogens with zero attached hydrogens (tertiary/aromatic N) is 1. The minimum atomic E-state index is 0.0318. The molecule has 0 saturated carbocycles. The first-order chi connectivity index (χ1) is 10.1. The summed E-state index contributed by atoms with van der Waals surface area (Å²) in [5.74, 6) is 0. The van der Waals surface area contributed by atoms with E-state index in [1.54, 1.807) is 14.2 Å². The molecule has 21 heavy (non-hydrogen) atoms. The zero-order valence-electron chi connectivity index (χ0n) is 13.9. The summed E-state index contributed by atoms with van der Waals surface area (Å²) >= 11 is 0. The van der Waals surface area contributed by atoms with Crippen LogP contribution in [-0.4, -0.2) is 52.0 Å². The second-order valence-electron chi connectivity index (χ2n) is 5.61. The number of aryl methyl sites for hydroxylation is 2. The van der Waals surface area contributed by atoms with Crippen molar-refractivity contribution in [2.24, 2.45) is 5.73 Å². The highest BCUT2D eigenvalue weighted by Crippen LogP contribution is 2.18. The van der Waals surface area contributed by atoms with Crippen LogP contribution < -0.4 is 5.73 Å². The Morgan fingerprint density at radius 1 is 1.10 bits per heavy atom. The lowest BCUT2D eigenvalue weighted by molar-refractivity contribution is 0.129. The van der Waals surface area contributed by atoms with Gasteiger partial charge in [0.15, 0.2) is 0 Å². The zero-order chi connectivity index (χ0) is 15.7. The molecule has 0 aliphatic heterocycles. The van der Waals surface area contributed by atoms with Crippen LogP contribution in [0.2, 0.25) is 0 Å². The van der Waals surface area contributed by atoms with E-state index in [1.165, 1.54) is 16.7 Å². The van der Waals surface area contributed by atoms with Crippen LogP contribution in [0.5, 0.6) is 0 Å². The van der Waals surface area contributed by atoms with Crippen LogP contribution in [0.4, 0.5) is 0 Å². The Morgan fingerprint density at radius 3 is 2.48 bits per heavy atom. The van der Waals surface area contributed by atoms with Gasteiger partial charge in [0, 0.05) is 46.5 Å². The van der Waals surface area contributed by atoms with Gasteiger partial charge < -0.3 is 15.2 Å². The fourth-order valence-corrected chi connectivity index (χ4v) is 2.48. The van der Waals surface area contributed by atoms with Crippen LogP contribution in [0.3, 0.4) is 0 Å². The molecule has 0 aromatic heterocycles. The van der Waals surface area contributed by atoms with Gasteiger partial charge in [0.2, 0.25) is 0 Å². The summed E-state index contributed by atoms with van der Waals surface area (Å²) < 4.78 is 10.3. The summed E-state index contributed by atoms with van der Waals surface area (Å²) in [6, 6.07) is 6.51. The van der Waals surface area contributed by atoms with E-state index in [4.69, 9.17) is 15.2 Å². The normalized spacial score (nSPS) is 12.9. The lowest BCUT2D eigenvalue weighted by Crippen LogP contribution is -2.36. The van der Waals surface area contributed by atoms with Gasteiger partial charge in [0.25, 0.3) is 0 Å². The quantitative estimate of drug-likeness (QED) is 0.673. The number of benzene rings is 1. The number of hydrogen-bond acceptors (Lipinski definition) is 4. The Balaban J connectivity index is 2.64. The van der Waals surface area contributed by atoms with E-state index in [-0.39, 0.29) is 6.04 Å². The molecule has 1 rings (SSSR count). The van der Waals surface area contributed by atoms with Gasteiger partial charge in [-0.05, 0) is 31.4 Å². The lowest BCUT2D eigenvalue weighted by atomic mass is 9.99. The third-order valence-corrected chi connectivity index (χ3v) is 3.72. The molecule has 0 radical (unpaired) electrons. The molecule has 0 saturated heterocycles. The topological polar surface area (TPSA) is 47.7 Å². The van der Waals surface area contributed by atoms with Crippen molar-refractivity contribution in [3.05, 3.63) is 34.9 Å². The number of nitrogens with two attached hydrogens (primary N) is 1. The fraction of sp³-hybridized carbons (Fsp3) is 0.647. The first-order valence-electron chi connectivity index (χ1n) is 7.61. The summed E-state index contributed by atoms with van der Waals surface area (Å²) in [5, 5.41) is 0. The molecule has 2 N–H and O–H groups in total. The highest BCUT2D eigenvalue weighted by atomic mass is 16.5. The zero-order valence-corrected chi connectivity index (χ0v) is 13.9. The second kappa shape index (κ2) is 9.90. The van der Waals surface area contributed by atoms with Crippen molar-refractivity contribution < 1.29 is 9.47 Å². The number of rotatable bonds is 10. The van der Waals surface area contributed by atoms with E-state index in [9.17, 15) is 0 Å². The Morgan fingerprint density at radius 2 is 1.81 bits per heavy atom. The minimum Gasteiger partial charge on any atom is -0.385 e. The molecule has 4 heteroatoms. The molecule has 0 bridgehead atoms. The van der Waals surface area contributed by atoms with Crippen molar-refractivity contribution in [2.45, 2.75) is 26.3 Å². The number of hydrogen-bond donors (Lipinski definition) is 1. The Kier molecular flexibility index (Phi) is 8.54. The van der Waals surface area contributed by atoms with Gasteiger partial charge >= 0.3 is 0 Å². The highest BCUT2D eigenvalue weighted by molar-refractivity contribution is 5.33. The van der Waals surface area contributed by atoms with Gasteiger partial charge in [-0.25, -0.2) is 0 Å². The summed E-state index contributed by atoms with van der Waals surface area (Å²) in [7, 11) is 3.47. The van der Waals surface area contributed by atoms with Crippen LogP contribution >= 0.6 is 0 Å². The maximum Gasteiger partial charge on any atom is 0.0589 e. The van der Waals surface area contributed by atoms with E-state index in [0.29, 0.717) is 0 Å². The molecule has 0 spiro atoms. The monoisotopic (exact) mass is 294 g/mol. The maximum absolute atomic E-state index is 6.43. The van der Waals surface area contributed by atoms with Crippen molar-refractivity contribution in [3.8, 4) is 0 Å². The number of ether oxygens (including phenoxy) is 2. The van der Waals surface area contributed by atoms with Crippen molar-refractivity contribution in [1.82, 2.24) is 4.90 Å². The molecule has 1 aromatic rings. The van der Waals surface area contributed by atoms with E-state index in [1.807, 2.05) is 0 Å². The van der Waals surface area contributed by atoms with Gasteiger partial charge in [-0.2, -0.15) is 0 Å². The first kappa shape index (κ1) is 18.1. The van der Waals surface area contributed by atoms with Crippen molar-refractivity contribution in [2.75, 3.05) is 47.1 Å². The molecule has 0 amide bonds. The minimum absolute atomic E-state index is 0.0318. The molecule has 0 fully saturated rings. The molecular weight excluding hydrogens is 264 g/mol. The van der Waals surface area contributed by atoms with Crippen LogP contribution in [0, 0.1) is 13.8 Å².